The fourth-order valence-corrected chi connectivity index (χ4v) is 4.25. The first kappa shape index (κ1) is 16.2. The Morgan fingerprint density at radius 1 is 1.33 bits per heavy atom. The molecular formula is C20H21N5O2. The summed E-state index contributed by atoms with van der Waals surface area (Å²) in [7, 11) is 0. The summed E-state index contributed by atoms with van der Waals surface area (Å²) in [6, 6.07) is 6.47. The van der Waals surface area contributed by atoms with Gasteiger partial charge in [-0.25, -0.2) is 9.48 Å². The Labute approximate surface area is 157 Å². The molecule has 0 radical (unpaired) electrons. The third-order valence-corrected chi connectivity index (χ3v) is 5.68. The van der Waals surface area contributed by atoms with Crippen LogP contribution in [0.5, 0.6) is 0 Å². The summed E-state index contributed by atoms with van der Waals surface area (Å²) in [6.45, 7) is 4.67. The molecule has 0 N–H and O–H groups in total. The molecule has 1 aromatic heterocycles. The Balaban J connectivity index is 1.39. The highest BCUT2D eigenvalue weighted by atomic mass is 16.6. The number of carbonyl (C=O) groups excluding carboxylic acids is 1. The van der Waals surface area contributed by atoms with Gasteiger partial charge < -0.3 is 4.74 Å². The normalized spacial score (nSPS) is 23.6. The first-order valence-corrected chi connectivity index (χ1v) is 9.39. The molecule has 0 spiro atoms. The number of fused-ring (bicyclic) bond motifs is 3. The number of ether oxygens (including phenoxy) is 1. The van der Waals surface area contributed by atoms with Gasteiger partial charge in [-0.05, 0) is 48.6 Å². The van der Waals surface area contributed by atoms with Crippen LogP contribution in [0.2, 0.25) is 0 Å². The van der Waals surface area contributed by atoms with Gasteiger partial charge in [-0.15, -0.1) is 5.10 Å². The number of amides is 1. The summed E-state index contributed by atoms with van der Waals surface area (Å²) in [5, 5.41) is 8.03. The monoisotopic (exact) mass is 363 g/mol. The van der Waals surface area contributed by atoms with Crippen LogP contribution in [0.4, 0.5) is 10.5 Å². The van der Waals surface area contributed by atoms with Crippen molar-refractivity contribution in [1.82, 2.24) is 15.0 Å². The molecule has 138 valence electrons. The fraction of sp³-hybridized carbons (Fsp3) is 0.400. The lowest BCUT2D eigenvalue weighted by Gasteiger charge is -2.16. The van der Waals surface area contributed by atoms with Crippen molar-refractivity contribution < 1.29 is 9.53 Å². The zero-order chi connectivity index (χ0) is 18.5. The van der Waals surface area contributed by atoms with Crippen LogP contribution in [-0.2, 0) is 11.2 Å². The van der Waals surface area contributed by atoms with E-state index in [9.17, 15) is 4.79 Å². The molecule has 5 rings (SSSR count). The van der Waals surface area contributed by atoms with Crippen LogP contribution in [0, 0.1) is 6.92 Å². The summed E-state index contributed by atoms with van der Waals surface area (Å²) in [6.07, 6.45) is 6.15. The topological polar surface area (TPSA) is 72.6 Å². The maximum atomic E-state index is 12.2. The second-order valence-electron chi connectivity index (χ2n) is 7.27. The Morgan fingerprint density at radius 3 is 2.93 bits per heavy atom. The third kappa shape index (κ3) is 2.49. The Kier molecular flexibility index (Phi) is 3.63. The molecule has 1 amide bonds. The van der Waals surface area contributed by atoms with E-state index in [1.165, 1.54) is 16.7 Å². The summed E-state index contributed by atoms with van der Waals surface area (Å²) in [4.78, 5) is 18.7. The Hall–Kier alpha value is -2.96. The number of nitrogens with zero attached hydrogens (tertiary/aromatic N) is 5. The molecular weight excluding hydrogens is 342 g/mol. The number of benzene rings is 1. The number of aryl methyl sites for hydroxylation is 1. The number of aliphatic imine (C=N–C) groups is 1. The largest absolute Gasteiger partial charge is 0.444 e. The fourth-order valence-electron chi connectivity index (χ4n) is 4.25. The molecule has 4 heterocycles. The van der Waals surface area contributed by atoms with E-state index in [0.29, 0.717) is 6.54 Å². The molecule has 7 nitrogen and oxygen atoms in total. The van der Waals surface area contributed by atoms with Crippen molar-refractivity contribution in [3.63, 3.8) is 0 Å². The number of allylic oxidation sites excluding steroid dienone is 1. The predicted octanol–water partition coefficient (Wildman–Crippen LogP) is 2.98. The molecule has 1 aromatic carbocycles. The van der Waals surface area contributed by atoms with Crippen LogP contribution in [0.25, 0.3) is 5.57 Å². The van der Waals surface area contributed by atoms with E-state index < -0.39 is 0 Å². The van der Waals surface area contributed by atoms with Gasteiger partial charge in [0.15, 0.2) is 0 Å². The van der Waals surface area contributed by atoms with Crippen LogP contribution in [-0.4, -0.2) is 45.6 Å². The highest BCUT2D eigenvalue weighted by molar-refractivity contribution is 5.94. The maximum Gasteiger partial charge on any atom is 0.415 e. The predicted molar refractivity (Wildman–Crippen MR) is 102 cm³/mol. The molecule has 0 saturated carbocycles. The number of aromatic nitrogens is 3. The first-order valence-electron chi connectivity index (χ1n) is 9.39. The van der Waals surface area contributed by atoms with E-state index in [4.69, 9.17) is 9.73 Å². The van der Waals surface area contributed by atoms with E-state index in [1.807, 2.05) is 17.9 Å². The zero-order valence-corrected chi connectivity index (χ0v) is 15.4. The minimum atomic E-state index is -0.215. The van der Waals surface area contributed by atoms with Gasteiger partial charge in [-0.3, -0.25) is 9.89 Å². The zero-order valence-electron chi connectivity index (χ0n) is 15.4. The van der Waals surface area contributed by atoms with Crippen molar-refractivity contribution in [2.45, 2.75) is 45.3 Å². The van der Waals surface area contributed by atoms with Crippen molar-refractivity contribution in [3.8, 4) is 0 Å². The van der Waals surface area contributed by atoms with Crippen LogP contribution in [0.1, 0.15) is 36.6 Å². The van der Waals surface area contributed by atoms with Crippen molar-refractivity contribution in [2.24, 2.45) is 4.99 Å². The molecule has 7 heteroatoms. The Bertz CT molecular complexity index is 990. The van der Waals surface area contributed by atoms with Gasteiger partial charge in [0.25, 0.3) is 0 Å². The minimum absolute atomic E-state index is 0.0136. The van der Waals surface area contributed by atoms with Gasteiger partial charge in [-0.2, -0.15) is 0 Å². The summed E-state index contributed by atoms with van der Waals surface area (Å²) in [5.41, 5.74) is 5.58. The second kappa shape index (κ2) is 6.04. The first-order chi connectivity index (χ1) is 13.2. The number of carbonyl (C=O) groups is 1. The molecule has 0 aliphatic carbocycles. The van der Waals surface area contributed by atoms with Crippen molar-refractivity contribution in [2.75, 3.05) is 11.4 Å². The van der Waals surface area contributed by atoms with Crippen LogP contribution in [0.15, 0.2) is 35.5 Å². The van der Waals surface area contributed by atoms with E-state index in [-0.39, 0.29) is 18.2 Å². The number of cyclic esters (lactones) is 1. The van der Waals surface area contributed by atoms with Crippen LogP contribution in [0.3, 0.4) is 0 Å². The average molecular weight is 363 g/mol. The summed E-state index contributed by atoms with van der Waals surface area (Å²) in [5.74, 6) is 0.920. The van der Waals surface area contributed by atoms with E-state index in [1.54, 1.807) is 10.9 Å². The molecule has 27 heavy (non-hydrogen) atoms. The van der Waals surface area contributed by atoms with Crippen molar-refractivity contribution in [1.29, 1.82) is 0 Å². The number of hydrogen-bond acceptors (Lipinski definition) is 5. The molecule has 0 bridgehead atoms. The second-order valence-corrected chi connectivity index (χ2v) is 7.27. The van der Waals surface area contributed by atoms with Gasteiger partial charge >= 0.3 is 6.09 Å². The van der Waals surface area contributed by atoms with E-state index in [0.717, 1.165) is 36.5 Å². The van der Waals surface area contributed by atoms with Crippen LogP contribution < -0.4 is 4.90 Å². The molecule has 2 unspecified atom stereocenters. The molecule has 3 aliphatic rings. The van der Waals surface area contributed by atoms with Gasteiger partial charge in [0.2, 0.25) is 0 Å². The number of rotatable bonds is 2. The van der Waals surface area contributed by atoms with E-state index in [2.05, 4.69) is 35.4 Å². The number of anilines is 1. The third-order valence-electron chi connectivity index (χ3n) is 5.68. The average Bonchev–Trinajstić information content (AvgIpc) is 3.36. The van der Waals surface area contributed by atoms with Gasteiger partial charge in [-0.1, -0.05) is 24.3 Å². The lowest BCUT2D eigenvalue weighted by Crippen LogP contribution is -2.32. The highest BCUT2D eigenvalue weighted by Gasteiger charge is 2.46. The van der Waals surface area contributed by atoms with Gasteiger partial charge in [0, 0.05) is 6.42 Å². The smallest absolute Gasteiger partial charge is 0.415 e. The summed E-state index contributed by atoms with van der Waals surface area (Å²) < 4.78 is 7.27. The Morgan fingerprint density at radius 2 is 2.22 bits per heavy atom. The highest BCUT2D eigenvalue weighted by Crippen LogP contribution is 2.40. The van der Waals surface area contributed by atoms with Gasteiger partial charge in [0.1, 0.15) is 11.9 Å². The van der Waals surface area contributed by atoms with Crippen molar-refractivity contribution >= 4 is 23.2 Å². The molecule has 1 saturated heterocycles. The minimum Gasteiger partial charge on any atom is -0.444 e. The van der Waals surface area contributed by atoms with Crippen molar-refractivity contribution in [3.05, 3.63) is 47.3 Å². The molecule has 2 atom stereocenters. The number of dihydropyridines is 1. The van der Waals surface area contributed by atoms with Gasteiger partial charge in [0.05, 0.1) is 30.2 Å². The quantitative estimate of drug-likeness (QED) is 0.822. The number of hydrogen-bond donors (Lipinski definition) is 0. The van der Waals surface area contributed by atoms with E-state index >= 15 is 0 Å². The standard InChI is InChI=1S/C20H21N5O2/c1-3-18-17-9-15-8-13(4-6-16(15)24(17)20(26)27-18)14-5-7-19(21-11-14)25-12(2)10-22-23-25/h4-6,8,10,17-18H,3,7,9,11H2,1-2H3. The maximum absolute atomic E-state index is 12.2. The lowest BCUT2D eigenvalue weighted by atomic mass is 9.98. The molecule has 1 fully saturated rings. The lowest BCUT2D eigenvalue weighted by molar-refractivity contribution is 0.129. The molecule has 2 aromatic rings. The SMILES string of the molecule is CCC1OC(=O)N2c3ccc(C4=CCC(n5nncc5C)=NC4)cc3CC12. The molecule has 3 aliphatic heterocycles. The van der Waals surface area contributed by atoms with Crippen LogP contribution >= 0.6 is 0 Å². The summed E-state index contributed by atoms with van der Waals surface area (Å²) >= 11 is 0.